The maximum absolute atomic E-state index is 17.3. The Morgan fingerprint density at radius 2 is 1.83 bits per heavy atom. The Hall–Kier alpha value is -4.32. The van der Waals surface area contributed by atoms with Gasteiger partial charge in [0.2, 0.25) is 0 Å². The van der Waals surface area contributed by atoms with E-state index in [2.05, 4.69) is 25.8 Å². The van der Waals surface area contributed by atoms with Crippen molar-refractivity contribution in [2.75, 3.05) is 37.7 Å². The molecule has 0 spiro atoms. The molecule has 3 atom stereocenters. The normalized spacial score (nSPS) is 24.2. The number of anilines is 1. The topological polar surface area (TPSA) is 95.9 Å². The molecule has 1 aliphatic carbocycles. The molecule has 6 heterocycles. The Morgan fingerprint density at radius 1 is 1.02 bits per heavy atom. The highest BCUT2D eigenvalue weighted by Gasteiger charge is 2.47. The van der Waals surface area contributed by atoms with E-state index in [0.717, 1.165) is 38.5 Å². The highest BCUT2D eigenvalue weighted by Crippen LogP contribution is 2.48. The van der Waals surface area contributed by atoms with E-state index >= 15 is 8.78 Å². The molecule has 2 bridgehead atoms. The first-order valence-corrected chi connectivity index (χ1v) is 18.4. The van der Waals surface area contributed by atoms with Crippen molar-refractivity contribution in [2.24, 2.45) is 5.41 Å². The molecular weight excluding hydrogens is 695 g/mol. The number of pyridine rings is 1. The van der Waals surface area contributed by atoms with Gasteiger partial charge < -0.3 is 25.0 Å². The van der Waals surface area contributed by atoms with Crippen LogP contribution in [0, 0.1) is 29.4 Å². The molecule has 4 fully saturated rings. The minimum atomic E-state index is -4.64. The number of alkyl halides is 3. The lowest BCUT2D eigenvalue weighted by atomic mass is 9.92. The van der Waals surface area contributed by atoms with Crippen LogP contribution in [0.5, 0.6) is 11.8 Å². The van der Waals surface area contributed by atoms with E-state index in [9.17, 15) is 18.3 Å². The Kier molecular flexibility index (Phi) is 8.40. The average Bonchev–Trinajstić information content (AvgIpc) is 3.78. The number of terminal acetylenes is 1. The number of likely N-dealkylation sites (tertiary alicyclic amines) is 1. The maximum atomic E-state index is 17.3. The molecule has 53 heavy (non-hydrogen) atoms. The van der Waals surface area contributed by atoms with Crippen molar-refractivity contribution in [3.8, 4) is 35.4 Å². The standard InChI is InChI=1S/C39H39F5N6O3/c1-2-25-27(40)8-6-21-16-23(51)17-26(31(21)25)34-33(41)35-32-29(46-34)4-3-5-30-28-9-7-22(45-28)18-50(30)36(32)48-37(47-35)52-20-38(12-13-38)19-49-14-10-24(11-15-49)53-39(42,43)44/h1,6,8,16-17,22,24,28,30,45,51H,3-5,7,9-15,18-20H2/t22-,28+,30-/m1/s1. The number of hydrogen-bond acceptors (Lipinski definition) is 9. The smallest absolute Gasteiger partial charge is 0.508 e. The van der Waals surface area contributed by atoms with Crippen LogP contribution in [0.15, 0.2) is 24.3 Å². The number of aromatic nitrogens is 3. The lowest BCUT2D eigenvalue weighted by molar-refractivity contribution is -0.345. The number of piperazine rings is 1. The van der Waals surface area contributed by atoms with Crippen LogP contribution in [0.2, 0.25) is 0 Å². The zero-order valence-electron chi connectivity index (χ0n) is 29.0. The molecule has 4 aliphatic heterocycles. The number of benzene rings is 2. The van der Waals surface area contributed by atoms with Crippen LogP contribution in [0.3, 0.4) is 0 Å². The molecule has 4 aromatic rings. The van der Waals surface area contributed by atoms with Crippen molar-refractivity contribution < 1.29 is 36.5 Å². The number of hydrogen-bond donors (Lipinski definition) is 2. The summed E-state index contributed by atoms with van der Waals surface area (Å²) >= 11 is 0. The Labute approximate surface area is 302 Å². The second kappa shape index (κ2) is 12.9. The summed E-state index contributed by atoms with van der Waals surface area (Å²) in [6.07, 6.45) is 6.89. The van der Waals surface area contributed by atoms with Crippen LogP contribution in [-0.2, 0) is 11.2 Å². The van der Waals surface area contributed by atoms with Gasteiger partial charge in [-0.25, -0.2) is 13.8 Å². The van der Waals surface area contributed by atoms with Crippen LogP contribution in [0.25, 0.3) is 32.9 Å². The van der Waals surface area contributed by atoms with Gasteiger partial charge in [0.1, 0.15) is 28.6 Å². The Bertz CT molecular complexity index is 2150. The highest BCUT2D eigenvalue weighted by molar-refractivity contribution is 6.03. The van der Waals surface area contributed by atoms with E-state index in [1.165, 1.54) is 24.3 Å². The summed E-state index contributed by atoms with van der Waals surface area (Å²) in [7, 11) is 0. The van der Waals surface area contributed by atoms with Crippen molar-refractivity contribution in [3.63, 3.8) is 0 Å². The number of fused-ring (bicyclic) bond motifs is 6. The van der Waals surface area contributed by atoms with Crippen molar-refractivity contribution in [1.29, 1.82) is 0 Å². The van der Waals surface area contributed by atoms with Crippen LogP contribution in [0.1, 0.15) is 62.6 Å². The summed E-state index contributed by atoms with van der Waals surface area (Å²) in [5.74, 6) is 1.44. The molecule has 0 radical (unpaired) electrons. The number of nitrogens with zero attached hydrogens (tertiary/aromatic N) is 5. The van der Waals surface area contributed by atoms with Gasteiger partial charge in [0.25, 0.3) is 0 Å². The SMILES string of the molecule is C#Cc1c(F)ccc2cc(O)cc(-c3nc4c5c(nc(OCC6(CN7CCC(OC(F)(F)F)CC7)CC6)nc5c3F)N3C[C@H]5CC[C@H](N5)[C@H]3CCC4)c12. The number of phenolic OH excluding ortho intramolecular Hbond substituents is 1. The first-order chi connectivity index (χ1) is 25.5. The summed E-state index contributed by atoms with van der Waals surface area (Å²) in [5.41, 5.74) is 0.422. The van der Waals surface area contributed by atoms with Gasteiger partial charge in [0.15, 0.2) is 5.82 Å². The Morgan fingerprint density at radius 3 is 2.58 bits per heavy atom. The van der Waals surface area contributed by atoms with Crippen molar-refractivity contribution in [2.45, 2.75) is 88.4 Å². The molecule has 5 aliphatic rings. The number of phenols is 1. The van der Waals surface area contributed by atoms with Gasteiger partial charge in [0.05, 0.1) is 29.4 Å². The first kappa shape index (κ1) is 34.4. The molecule has 9 nitrogen and oxygen atoms in total. The summed E-state index contributed by atoms with van der Waals surface area (Å²) in [4.78, 5) is 19.0. The number of piperidine rings is 1. The predicted octanol–water partition coefficient (Wildman–Crippen LogP) is 6.62. The van der Waals surface area contributed by atoms with E-state index in [1.807, 2.05) is 0 Å². The van der Waals surface area contributed by atoms with E-state index in [1.54, 1.807) is 0 Å². The molecule has 2 N–H and O–H groups in total. The largest absolute Gasteiger partial charge is 0.522 e. The molecule has 0 unspecified atom stereocenters. The maximum Gasteiger partial charge on any atom is 0.522 e. The fourth-order valence-corrected chi connectivity index (χ4v) is 9.15. The van der Waals surface area contributed by atoms with E-state index in [-0.39, 0.29) is 69.6 Å². The second-order valence-electron chi connectivity index (χ2n) is 15.4. The fraction of sp³-hybridized carbons (Fsp3) is 0.513. The van der Waals surface area contributed by atoms with E-state index < -0.39 is 24.1 Å². The second-order valence-corrected chi connectivity index (χ2v) is 15.4. The summed E-state index contributed by atoms with van der Waals surface area (Å²) in [6, 6.07) is 6.23. The van der Waals surface area contributed by atoms with Gasteiger partial charge >= 0.3 is 12.4 Å². The van der Waals surface area contributed by atoms with Crippen molar-refractivity contribution >= 4 is 27.5 Å². The molecule has 0 amide bonds. The number of rotatable bonds is 7. The van der Waals surface area contributed by atoms with Gasteiger partial charge in [-0.2, -0.15) is 9.97 Å². The molecule has 3 saturated heterocycles. The number of nitrogens with one attached hydrogen (secondary N) is 1. The van der Waals surface area contributed by atoms with Gasteiger partial charge in [-0.1, -0.05) is 12.0 Å². The molecule has 9 rings (SSSR count). The van der Waals surface area contributed by atoms with Gasteiger partial charge in [-0.15, -0.1) is 19.6 Å². The monoisotopic (exact) mass is 734 g/mol. The van der Waals surface area contributed by atoms with Gasteiger partial charge in [0, 0.05) is 60.7 Å². The van der Waals surface area contributed by atoms with Gasteiger partial charge in [-0.3, -0.25) is 4.74 Å². The third-order valence-electron chi connectivity index (χ3n) is 11.9. The summed E-state index contributed by atoms with van der Waals surface area (Å²) in [5, 5.41) is 15.7. The quantitative estimate of drug-likeness (QED) is 0.161. The number of halogens is 5. The molecular formula is C39H39F5N6O3. The minimum absolute atomic E-state index is 0.0272. The third kappa shape index (κ3) is 6.40. The summed E-state index contributed by atoms with van der Waals surface area (Å²) in [6.45, 7) is 2.59. The lowest BCUT2D eigenvalue weighted by Gasteiger charge is -2.43. The zero-order chi connectivity index (χ0) is 36.6. The number of aromatic hydroxyl groups is 1. The van der Waals surface area contributed by atoms with Crippen molar-refractivity contribution in [1.82, 2.24) is 25.2 Å². The molecule has 14 heteroatoms. The Balaban J connectivity index is 1.10. The lowest BCUT2D eigenvalue weighted by Crippen LogP contribution is -2.58. The van der Waals surface area contributed by atoms with E-state index in [4.69, 9.17) is 26.1 Å². The molecule has 2 aromatic carbocycles. The zero-order valence-corrected chi connectivity index (χ0v) is 29.0. The van der Waals surface area contributed by atoms with Crippen LogP contribution >= 0.6 is 0 Å². The van der Waals surface area contributed by atoms with Crippen LogP contribution < -0.4 is 15.0 Å². The minimum Gasteiger partial charge on any atom is -0.508 e. The highest BCUT2D eigenvalue weighted by atomic mass is 19.4. The van der Waals surface area contributed by atoms with Crippen LogP contribution in [-0.4, -0.2) is 88.3 Å². The van der Waals surface area contributed by atoms with E-state index in [0.29, 0.717) is 67.7 Å². The van der Waals surface area contributed by atoms with Crippen molar-refractivity contribution in [3.05, 3.63) is 47.2 Å². The third-order valence-corrected chi connectivity index (χ3v) is 11.9. The fourth-order valence-electron chi connectivity index (χ4n) is 9.15. The first-order valence-electron chi connectivity index (χ1n) is 18.4. The number of aryl methyl sites for hydroxylation is 1. The number of ether oxygens (including phenoxy) is 2. The summed E-state index contributed by atoms with van der Waals surface area (Å²) < 4.78 is 81.2. The van der Waals surface area contributed by atoms with Gasteiger partial charge in [-0.05, 0) is 81.4 Å². The van der Waals surface area contributed by atoms with Crippen LogP contribution in [0.4, 0.5) is 27.8 Å². The average molecular weight is 735 g/mol. The molecule has 2 aromatic heterocycles. The molecule has 1 saturated carbocycles. The molecule has 278 valence electrons. The predicted molar refractivity (Wildman–Crippen MR) is 188 cm³/mol.